The first-order chi connectivity index (χ1) is 11.0. The van der Waals surface area contributed by atoms with Gasteiger partial charge in [-0.1, -0.05) is 12.1 Å². The molecule has 0 unspecified atom stereocenters. The van der Waals surface area contributed by atoms with E-state index in [1.807, 2.05) is 0 Å². The van der Waals surface area contributed by atoms with Crippen LogP contribution in [0.25, 0.3) is 0 Å². The molecule has 0 bridgehead atoms. The maximum absolute atomic E-state index is 13.0. The molecule has 0 fully saturated rings. The van der Waals surface area contributed by atoms with Crippen LogP contribution in [0.2, 0.25) is 0 Å². The van der Waals surface area contributed by atoms with Gasteiger partial charge >= 0.3 is 6.03 Å². The number of anilines is 2. The number of carbonyl (C=O) groups excluding carboxylic acids is 1. The molecule has 1 heterocycles. The van der Waals surface area contributed by atoms with Crippen molar-refractivity contribution in [2.75, 3.05) is 18.2 Å². The van der Waals surface area contributed by atoms with E-state index in [1.54, 1.807) is 12.1 Å². The lowest BCUT2D eigenvalue weighted by atomic mass is 10.2. The molecule has 2 rings (SSSR count). The molecule has 126 valence electrons. The molecule has 2 aromatic rings. The number of nitrogens with one attached hydrogen (secondary N) is 3. The van der Waals surface area contributed by atoms with Gasteiger partial charge in [0, 0.05) is 28.8 Å². The van der Waals surface area contributed by atoms with Gasteiger partial charge in [0.15, 0.2) is 0 Å². The van der Waals surface area contributed by atoms with Crippen LogP contribution in [0.3, 0.4) is 0 Å². The first-order valence-corrected chi connectivity index (χ1v) is 6.67. The average molecular weight is 323 g/mol. The highest BCUT2D eigenvalue weighted by atomic mass is 19.1. The second kappa shape index (κ2) is 7.21. The lowest BCUT2D eigenvalue weighted by Gasteiger charge is -2.10. The van der Waals surface area contributed by atoms with Crippen molar-refractivity contribution in [1.29, 1.82) is 5.41 Å². The highest BCUT2D eigenvalue weighted by molar-refractivity contribution is 5.97. The van der Waals surface area contributed by atoms with Gasteiger partial charge in [-0.3, -0.25) is 10.7 Å². The predicted octanol–water partition coefficient (Wildman–Crippen LogP) is 2.83. The van der Waals surface area contributed by atoms with Crippen molar-refractivity contribution in [2.24, 2.45) is 0 Å². The van der Waals surface area contributed by atoms with E-state index in [0.717, 1.165) is 0 Å². The molecule has 0 spiro atoms. The molecule has 1 aromatic carbocycles. The van der Waals surface area contributed by atoms with E-state index in [2.05, 4.69) is 15.6 Å². The van der Waals surface area contributed by atoms with Crippen LogP contribution < -0.4 is 16.4 Å². The summed E-state index contributed by atoms with van der Waals surface area (Å²) in [5.74, 6) is -0.251. The molecule has 5 N–H and O–H groups in total. The lowest BCUT2D eigenvalue weighted by molar-refractivity contribution is 0.251. The molecule has 0 radical (unpaired) electrons. The van der Waals surface area contributed by atoms with Crippen LogP contribution in [0, 0.1) is 11.2 Å². The molecule has 0 atom stereocenters. The number of methoxy groups -OCH3 is 1. The van der Waals surface area contributed by atoms with E-state index >= 15 is 0 Å². The Labute approximate surface area is 136 Å². The van der Waals surface area contributed by atoms with Gasteiger partial charge < -0.3 is 15.8 Å². The zero-order valence-corrected chi connectivity index (χ0v) is 12.4. The summed E-state index contributed by atoms with van der Waals surface area (Å²) in [4.78, 5) is 15.8. The van der Waals surface area contributed by atoms with Crippen molar-refractivity contribution in [2.45, 2.75) is 6.54 Å². The summed E-state index contributed by atoms with van der Waals surface area (Å²) in [6.45, 7) is 0.172. The van der Waals surface area contributed by atoms with Gasteiger partial charge in [0.2, 0.25) is 5.90 Å². The topological polar surface area (TPSA) is 113 Å². The first-order valence-electron chi connectivity index (χ1n) is 6.67. The minimum absolute atomic E-state index is 0. The Hall–Kier alpha value is -3.16. The smallest absolute Gasteiger partial charge is 0.320 e. The maximum atomic E-state index is 13.0. The molecule has 0 saturated heterocycles. The third kappa shape index (κ3) is 4.40. The van der Waals surface area contributed by atoms with E-state index in [1.165, 1.54) is 31.5 Å². The van der Waals surface area contributed by atoms with Crippen LogP contribution in [0.4, 0.5) is 20.7 Å². The monoisotopic (exact) mass is 323 g/mol. The Morgan fingerprint density at radius 2 is 2.26 bits per heavy atom. The molecule has 23 heavy (non-hydrogen) atoms. The summed E-state index contributed by atoms with van der Waals surface area (Å²) < 4.78 is 17.8. The van der Waals surface area contributed by atoms with Gasteiger partial charge in [-0.05, 0) is 17.7 Å². The highest BCUT2D eigenvalue weighted by Gasteiger charge is 2.09. The number of aromatic nitrogens is 1. The van der Waals surface area contributed by atoms with E-state index in [4.69, 9.17) is 15.9 Å². The molecule has 2 amide bonds. The van der Waals surface area contributed by atoms with Crippen LogP contribution in [0.15, 0.2) is 36.5 Å². The zero-order valence-electron chi connectivity index (χ0n) is 12.4. The molecular formula is C15H22FN5O2. The number of ether oxygens (including phenoxy) is 1. The lowest BCUT2D eigenvalue weighted by Crippen LogP contribution is -2.28. The molecule has 0 aliphatic carbocycles. The third-order valence-corrected chi connectivity index (χ3v) is 2.97. The number of rotatable bonds is 4. The third-order valence-electron chi connectivity index (χ3n) is 2.97. The number of pyridine rings is 1. The number of amides is 2. The van der Waals surface area contributed by atoms with E-state index in [-0.39, 0.29) is 34.0 Å². The van der Waals surface area contributed by atoms with Crippen molar-refractivity contribution in [3.63, 3.8) is 0 Å². The Bertz CT molecular complexity index is 749. The van der Waals surface area contributed by atoms with Crippen LogP contribution in [0.5, 0.6) is 0 Å². The minimum Gasteiger partial charge on any atom is -0.481 e. The van der Waals surface area contributed by atoms with Crippen LogP contribution in [-0.4, -0.2) is 24.0 Å². The quantitative estimate of drug-likeness (QED) is 0.512. The number of nitrogens with two attached hydrogens (primary N) is 1. The predicted molar refractivity (Wildman–Crippen MR) is 91.1 cm³/mol. The van der Waals surface area contributed by atoms with Gasteiger partial charge in [0.1, 0.15) is 11.6 Å². The van der Waals surface area contributed by atoms with Crippen LogP contribution in [0.1, 0.15) is 15.4 Å². The van der Waals surface area contributed by atoms with Crippen LogP contribution >= 0.6 is 0 Å². The summed E-state index contributed by atoms with van der Waals surface area (Å²) in [6, 6.07) is 6.85. The van der Waals surface area contributed by atoms with Gasteiger partial charge in [0.25, 0.3) is 0 Å². The molecular weight excluding hydrogens is 301 g/mol. The van der Waals surface area contributed by atoms with E-state index < -0.39 is 6.03 Å². The summed E-state index contributed by atoms with van der Waals surface area (Å²) in [5.41, 5.74) is 7.01. The number of hydrogen-bond donors (Lipinski definition) is 4. The molecule has 0 aliphatic rings. The van der Waals surface area contributed by atoms with Crippen molar-refractivity contribution in [3.8, 4) is 0 Å². The summed E-state index contributed by atoms with van der Waals surface area (Å²) in [5, 5.41) is 12.6. The molecule has 0 saturated carbocycles. The van der Waals surface area contributed by atoms with E-state index in [0.29, 0.717) is 11.1 Å². The van der Waals surface area contributed by atoms with Crippen molar-refractivity contribution in [1.82, 2.24) is 10.3 Å². The number of nitrogen functional groups attached to an aromatic ring is 1. The van der Waals surface area contributed by atoms with Gasteiger partial charge in [-0.2, -0.15) is 0 Å². The highest BCUT2D eigenvalue weighted by Crippen LogP contribution is 2.15. The summed E-state index contributed by atoms with van der Waals surface area (Å²) in [6.07, 6.45) is 1.34. The summed E-state index contributed by atoms with van der Waals surface area (Å²) >= 11 is 0. The first kappa shape index (κ1) is 16.2. The number of urea groups is 1. The number of nitrogens with zero attached hydrogens (tertiary/aromatic N) is 1. The minimum atomic E-state index is -0.504. The SMILES string of the molecule is COC(=N)c1cnc(NC(=O)NCc2cccc(F)c2)cc1N.[HH].[HH].[HH]. The molecule has 7 nitrogen and oxygen atoms in total. The second-order valence-corrected chi connectivity index (χ2v) is 4.63. The normalized spacial score (nSPS) is 10.0. The molecule has 8 heteroatoms. The van der Waals surface area contributed by atoms with Gasteiger partial charge in [0.05, 0.1) is 12.7 Å². The fourth-order valence-electron chi connectivity index (χ4n) is 1.83. The van der Waals surface area contributed by atoms with Crippen LogP contribution in [-0.2, 0) is 11.3 Å². The van der Waals surface area contributed by atoms with Crippen molar-refractivity contribution in [3.05, 3.63) is 53.5 Å². The molecule has 1 aromatic heterocycles. The fraction of sp³-hybridized carbons (Fsp3) is 0.133. The second-order valence-electron chi connectivity index (χ2n) is 4.63. The number of carbonyl (C=O) groups is 1. The zero-order chi connectivity index (χ0) is 16.8. The number of halogens is 1. The molecule has 0 aliphatic heterocycles. The van der Waals surface area contributed by atoms with Crippen molar-refractivity contribution < 1.29 is 18.2 Å². The Kier molecular flexibility index (Phi) is 5.08. The number of hydrogen-bond acceptors (Lipinski definition) is 5. The standard InChI is InChI=1S/C15H16FN5O2.3H2/c1-23-14(18)11-8-19-13(6-12(11)17)21-15(22)20-7-9-3-2-4-10(16)5-9;;;/h2-6,8,18H,7H2,1H3,(H4,17,19,20,21,22);3*1H. The summed E-state index contributed by atoms with van der Waals surface area (Å²) in [7, 11) is 1.35. The fourth-order valence-corrected chi connectivity index (χ4v) is 1.83. The van der Waals surface area contributed by atoms with Gasteiger partial charge in [-0.25, -0.2) is 14.2 Å². The number of benzene rings is 1. The Morgan fingerprint density at radius 3 is 2.91 bits per heavy atom. The van der Waals surface area contributed by atoms with Gasteiger partial charge in [-0.15, -0.1) is 0 Å². The Balaban J connectivity index is 0. The van der Waals surface area contributed by atoms with Crippen molar-refractivity contribution >= 4 is 23.4 Å². The Morgan fingerprint density at radius 1 is 1.48 bits per heavy atom. The maximum Gasteiger partial charge on any atom is 0.320 e. The largest absolute Gasteiger partial charge is 0.481 e. The average Bonchev–Trinajstić information content (AvgIpc) is 2.52. The van der Waals surface area contributed by atoms with E-state index in [9.17, 15) is 9.18 Å².